The topological polar surface area (TPSA) is 84.5 Å². The summed E-state index contributed by atoms with van der Waals surface area (Å²) in [7, 11) is 0. The molecule has 2 saturated heterocycles. The quantitative estimate of drug-likeness (QED) is 0.596. The van der Waals surface area contributed by atoms with E-state index in [1.54, 1.807) is 11.0 Å². The van der Waals surface area contributed by atoms with Crippen molar-refractivity contribution in [1.82, 2.24) is 19.6 Å². The van der Waals surface area contributed by atoms with Crippen LogP contribution in [0.2, 0.25) is 0 Å². The molecule has 2 fully saturated rings. The Hall–Kier alpha value is -2.92. The molecule has 3 aromatic rings. The summed E-state index contributed by atoms with van der Waals surface area (Å²) < 4.78 is 40.8. The highest BCUT2D eigenvalue weighted by molar-refractivity contribution is 7.19. The fourth-order valence-corrected chi connectivity index (χ4v) is 6.16. The number of thiophene rings is 1. The molecule has 5 rings (SSSR count). The molecule has 2 aliphatic rings. The summed E-state index contributed by atoms with van der Waals surface area (Å²) in [5, 5.41) is 4.79. The molecule has 2 aromatic heterocycles. The molecular weight excluding hydrogens is 467 g/mol. The van der Waals surface area contributed by atoms with Crippen molar-refractivity contribution in [1.29, 1.82) is 0 Å². The number of hydrogen-bond acceptors (Lipinski definition) is 5. The number of carbonyl (C=O) groups is 2. The van der Waals surface area contributed by atoms with Gasteiger partial charge in [0.25, 0.3) is 5.91 Å². The molecule has 2 N–H and O–H groups in total. The number of alkyl halides is 3. The highest BCUT2D eigenvalue weighted by Crippen LogP contribution is 2.42. The van der Waals surface area contributed by atoms with Crippen LogP contribution >= 0.6 is 11.3 Å². The number of aromatic nitrogens is 2. The van der Waals surface area contributed by atoms with Crippen LogP contribution in [0, 0.1) is 5.41 Å². The van der Waals surface area contributed by atoms with Gasteiger partial charge < -0.3 is 10.6 Å². The fraction of sp³-hybridized carbons (Fsp3) is 0.435. The lowest BCUT2D eigenvalue weighted by atomic mass is 9.78. The van der Waals surface area contributed by atoms with E-state index in [1.165, 1.54) is 29.7 Å². The van der Waals surface area contributed by atoms with Gasteiger partial charge in [0.15, 0.2) is 5.69 Å². The van der Waals surface area contributed by atoms with E-state index in [1.807, 2.05) is 6.07 Å². The van der Waals surface area contributed by atoms with Crippen LogP contribution in [0.4, 0.5) is 18.0 Å². The number of benzene rings is 1. The summed E-state index contributed by atoms with van der Waals surface area (Å²) in [6.45, 7) is 3.78. The molecule has 34 heavy (non-hydrogen) atoms. The molecule has 0 saturated carbocycles. The van der Waals surface area contributed by atoms with E-state index < -0.39 is 17.6 Å². The van der Waals surface area contributed by atoms with Gasteiger partial charge in [-0.3, -0.25) is 9.69 Å². The first-order valence-electron chi connectivity index (χ1n) is 11.1. The molecule has 1 spiro atoms. The van der Waals surface area contributed by atoms with Crippen molar-refractivity contribution >= 4 is 33.4 Å². The average Bonchev–Trinajstić information content (AvgIpc) is 3.51. The zero-order chi connectivity index (χ0) is 24.1. The molecule has 0 radical (unpaired) electrons. The third-order valence-corrected chi connectivity index (χ3v) is 8.01. The third-order valence-electron chi connectivity index (χ3n) is 6.93. The van der Waals surface area contributed by atoms with Crippen molar-refractivity contribution < 1.29 is 22.8 Å². The van der Waals surface area contributed by atoms with Crippen LogP contribution in [0.1, 0.15) is 40.2 Å². The second-order valence-corrected chi connectivity index (χ2v) is 10.4. The highest BCUT2D eigenvalue weighted by Gasteiger charge is 2.41. The number of carbonyl (C=O) groups excluding carboxylic acids is 2. The minimum atomic E-state index is -4.34. The van der Waals surface area contributed by atoms with Gasteiger partial charge >= 0.3 is 12.2 Å². The van der Waals surface area contributed by atoms with E-state index in [9.17, 15) is 22.8 Å². The first kappa shape index (κ1) is 22.9. The average molecular weight is 492 g/mol. The van der Waals surface area contributed by atoms with Gasteiger partial charge in [0.2, 0.25) is 0 Å². The van der Waals surface area contributed by atoms with Crippen molar-refractivity contribution in [3.63, 3.8) is 0 Å². The lowest BCUT2D eigenvalue weighted by Gasteiger charge is -2.39. The maximum atomic E-state index is 13.0. The van der Waals surface area contributed by atoms with Crippen molar-refractivity contribution in [2.75, 3.05) is 26.2 Å². The lowest BCUT2D eigenvalue weighted by molar-refractivity contribution is -0.137. The van der Waals surface area contributed by atoms with Crippen LogP contribution in [0.3, 0.4) is 0 Å². The number of primary amides is 1. The predicted molar refractivity (Wildman–Crippen MR) is 121 cm³/mol. The van der Waals surface area contributed by atoms with Crippen LogP contribution < -0.4 is 5.73 Å². The fourth-order valence-electron chi connectivity index (χ4n) is 5.01. The smallest absolute Gasteiger partial charge is 0.364 e. The summed E-state index contributed by atoms with van der Waals surface area (Å²) in [5.41, 5.74) is 4.79. The van der Waals surface area contributed by atoms with Crippen LogP contribution in [-0.2, 0) is 12.7 Å². The summed E-state index contributed by atoms with van der Waals surface area (Å²) in [5.74, 6) is -0.672. The molecule has 0 unspecified atom stereocenters. The molecule has 0 bridgehead atoms. The Bertz CT molecular complexity index is 1240. The number of amides is 2. The van der Waals surface area contributed by atoms with Crippen molar-refractivity contribution in [2.45, 2.75) is 32.0 Å². The SMILES string of the molecule is NC(=O)c1ccn(C(=O)N2CCC3(CCN(Cc4cc5ccc(C(F)(F)F)cc5s4)C3)CC2)n1. The monoisotopic (exact) mass is 491 g/mol. The van der Waals surface area contributed by atoms with Crippen LogP contribution in [0.15, 0.2) is 36.5 Å². The highest BCUT2D eigenvalue weighted by atomic mass is 32.1. The summed E-state index contributed by atoms with van der Waals surface area (Å²) in [6.07, 6.45) is -0.100. The molecule has 0 aliphatic carbocycles. The van der Waals surface area contributed by atoms with Gasteiger partial charge in [-0.05, 0) is 60.9 Å². The van der Waals surface area contributed by atoms with Gasteiger partial charge in [-0.25, -0.2) is 4.79 Å². The molecule has 2 amide bonds. The van der Waals surface area contributed by atoms with E-state index in [2.05, 4.69) is 10.00 Å². The minimum Gasteiger partial charge on any atom is -0.364 e. The molecule has 0 atom stereocenters. The lowest BCUT2D eigenvalue weighted by Crippen LogP contribution is -2.45. The summed E-state index contributed by atoms with van der Waals surface area (Å²) >= 11 is 1.42. The first-order valence-corrected chi connectivity index (χ1v) is 11.9. The van der Waals surface area contributed by atoms with E-state index >= 15 is 0 Å². The van der Waals surface area contributed by atoms with E-state index in [0.717, 1.165) is 53.4 Å². The summed E-state index contributed by atoms with van der Waals surface area (Å²) in [4.78, 5) is 29.1. The van der Waals surface area contributed by atoms with E-state index in [0.29, 0.717) is 24.3 Å². The van der Waals surface area contributed by atoms with Gasteiger partial charge in [0.05, 0.1) is 5.56 Å². The van der Waals surface area contributed by atoms with Crippen molar-refractivity contribution in [3.8, 4) is 0 Å². The van der Waals surface area contributed by atoms with Gasteiger partial charge in [-0.2, -0.15) is 23.0 Å². The zero-order valence-electron chi connectivity index (χ0n) is 18.3. The van der Waals surface area contributed by atoms with E-state index in [4.69, 9.17) is 5.73 Å². The number of halogens is 3. The number of hydrogen-bond donors (Lipinski definition) is 1. The first-order chi connectivity index (χ1) is 16.1. The van der Waals surface area contributed by atoms with Gasteiger partial charge in [-0.1, -0.05) is 6.07 Å². The molecule has 180 valence electrons. The minimum absolute atomic E-state index is 0.0594. The Morgan fingerprint density at radius 1 is 1.09 bits per heavy atom. The normalized spacial score (nSPS) is 18.7. The molecule has 4 heterocycles. The molecule has 1 aromatic carbocycles. The second-order valence-electron chi connectivity index (χ2n) is 9.20. The number of piperidine rings is 1. The van der Waals surface area contributed by atoms with Crippen LogP contribution in [0.25, 0.3) is 10.1 Å². The Morgan fingerprint density at radius 3 is 2.50 bits per heavy atom. The number of nitrogens with zero attached hydrogens (tertiary/aromatic N) is 4. The maximum absolute atomic E-state index is 13.0. The number of nitrogens with two attached hydrogens (primary N) is 1. The Morgan fingerprint density at radius 2 is 1.82 bits per heavy atom. The largest absolute Gasteiger partial charge is 0.416 e. The van der Waals surface area contributed by atoms with Crippen molar-refractivity contribution in [2.24, 2.45) is 11.1 Å². The zero-order valence-corrected chi connectivity index (χ0v) is 19.2. The van der Waals surface area contributed by atoms with Gasteiger partial charge in [0.1, 0.15) is 0 Å². The number of rotatable bonds is 3. The second kappa shape index (κ2) is 8.38. The van der Waals surface area contributed by atoms with E-state index in [-0.39, 0.29) is 17.1 Å². The van der Waals surface area contributed by atoms with Gasteiger partial charge in [0, 0.05) is 42.0 Å². The summed E-state index contributed by atoms with van der Waals surface area (Å²) in [6, 6.07) is 7.06. The Labute approximate surface area is 197 Å². The van der Waals surface area contributed by atoms with Crippen molar-refractivity contribution in [3.05, 3.63) is 52.7 Å². The maximum Gasteiger partial charge on any atom is 0.416 e. The predicted octanol–water partition coefficient (Wildman–Crippen LogP) is 4.17. The number of fused-ring (bicyclic) bond motifs is 1. The molecule has 7 nitrogen and oxygen atoms in total. The number of likely N-dealkylation sites (tertiary alicyclic amines) is 2. The Kier molecular flexibility index (Phi) is 5.64. The molecule has 11 heteroatoms. The van der Waals surface area contributed by atoms with Gasteiger partial charge in [-0.15, -0.1) is 11.3 Å². The molecule has 2 aliphatic heterocycles. The molecular formula is C23H24F3N5O2S. The van der Waals surface area contributed by atoms with Crippen LogP contribution in [0.5, 0.6) is 0 Å². The standard InChI is InChI=1S/C23H24F3N5O2S/c24-23(25,26)16-2-1-15-11-17(34-19(15)12-16)13-29-8-4-22(14-29)5-9-30(10-6-22)21(33)31-7-3-18(28-31)20(27)32/h1-3,7,11-12H,4-6,8-10,13-14H2,(H2,27,32). The van der Waals surface area contributed by atoms with Crippen LogP contribution in [-0.4, -0.2) is 57.7 Å². The third kappa shape index (κ3) is 4.41. The Balaban J connectivity index is 1.19.